The van der Waals surface area contributed by atoms with E-state index in [0.717, 1.165) is 25.1 Å². The Balaban J connectivity index is 2.13. The first-order valence-electron chi connectivity index (χ1n) is 4.91. The molecule has 0 saturated heterocycles. The second kappa shape index (κ2) is 3.74. The van der Waals surface area contributed by atoms with Crippen LogP contribution in [0, 0.1) is 0 Å². The van der Waals surface area contributed by atoms with Gasteiger partial charge in [0.15, 0.2) is 0 Å². The summed E-state index contributed by atoms with van der Waals surface area (Å²) in [6.45, 7) is 3.59. The fourth-order valence-corrected chi connectivity index (χ4v) is 1.61. The van der Waals surface area contributed by atoms with Crippen LogP contribution in [0.2, 0.25) is 0 Å². The number of carbonyl (C=O) groups is 1. The maximum atomic E-state index is 11.7. The molecule has 0 aliphatic carbocycles. The van der Waals surface area contributed by atoms with Gasteiger partial charge in [0, 0.05) is 12.7 Å². The largest absolute Gasteiger partial charge is 0.333 e. The summed E-state index contributed by atoms with van der Waals surface area (Å²) in [5.41, 5.74) is 1.53. The van der Waals surface area contributed by atoms with Gasteiger partial charge in [0.2, 0.25) is 0 Å². The number of rotatable bonds is 3. The minimum absolute atomic E-state index is 0.0778. The van der Waals surface area contributed by atoms with Crippen LogP contribution in [0.1, 0.15) is 35.8 Å². The van der Waals surface area contributed by atoms with Crippen molar-refractivity contribution in [2.24, 2.45) is 0 Å². The van der Waals surface area contributed by atoms with Crippen molar-refractivity contribution in [3.63, 3.8) is 0 Å². The second-order valence-electron chi connectivity index (χ2n) is 3.46. The molecule has 14 heavy (non-hydrogen) atoms. The van der Waals surface area contributed by atoms with Crippen molar-refractivity contribution in [1.82, 2.24) is 14.9 Å². The van der Waals surface area contributed by atoms with E-state index in [1.165, 1.54) is 6.33 Å². The summed E-state index contributed by atoms with van der Waals surface area (Å²) >= 11 is 0. The van der Waals surface area contributed by atoms with Gasteiger partial charge in [0.25, 0.3) is 5.91 Å². The molecule has 0 atom stereocenters. The Labute approximate surface area is 83.0 Å². The van der Waals surface area contributed by atoms with Gasteiger partial charge < -0.3 is 4.90 Å². The van der Waals surface area contributed by atoms with Gasteiger partial charge >= 0.3 is 0 Å². The highest BCUT2D eigenvalue weighted by Crippen LogP contribution is 2.19. The van der Waals surface area contributed by atoms with E-state index in [4.69, 9.17) is 0 Å². The molecule has 1 amide bonds. The van der Waals surface area contributed by atoms with E-state index >= 15 is 0 Å². The minimum Gasteiger partial charge on any atom is -0.333 e. The van der Waals surface area contributed by atoms with Crippen LogP contribution in [0.25, 0.3) is 0 Å². The maximum absolute atomic E-state index is 11.7. The van der Waals surface area contributed by atoms with E-state index < -0.39 is 0 Å². The molecule has 4 nitrogen and oxygen atoms in total. The fraction of sp³-hybridized carbons (Fsp3) is 0.500. The molecule has 0 aromatic carbocycles. The molecule has 74 valence electrons. The molecule has 0 bridgehead atoms. The van der Waals surface area contributed by atoms with Crippen molar-refractivity contribution in [1.29, 1.82) is 0 Å². The van der Waals surface area contributed by atoms with Crippen molar-refractivity contribution in [2.75, 3.05) is 6.54 Å². The normalized spacial score (nSPS) is 14.6. The van der Waals surface area contributed by atoms with Crippen molar-refractivity contribution in [3.05, 3.63) is 23.8 Å². The molecule has 0 saturated carbocycles. The highest BCUT2D eigenvalue weighted by molar-refractivity contribution is 5.97. The monoisotopic (exact) mass is 191 g/mol. The Kier molecular flexibility index (Phi) is 2.43. The summed E-state index contributed by atoms with van der Waals surface area (Å²) in [7, 11) is 0. The van der Waals surface area contributed by atoms with Crippen LogP contribution in [-0.2, 0) is 6.54 Å². The molecule has 0 spiro atoms. The lowest BCUT2D eigenvalue weighted by molar-refractivity contribution is 0.0776. The first kappa shape index (κ1) is 9.12. The number of aromatic nitrogens is 2. The average Bonchev–Trinajstić information content (AvgIpc) is 2.54. The molecule has 0 fully saturated rings. The molecule has 2 heterocycles. The van der Waals surface area contributed by atoms with E-state index in [-0.39, 0.29) is 5.91 Å². The van der Waals surface area contributed by atoms with Gasteiger partial charge in [-0.2, -0.15) is 0 Å². The first-order valence-corrected chi connectivity index (χ1v) is 4.91. The molecular formula is C10H13N3O. The van der Waals surface area contributed by atoms with E-state index in [2.05, 4.69) is 16.9 Å². The summed E-state index contributed by atoms with van der Waals surface area (Å²) in [5.74, 6) is 0.0778. The number of carbonyl (C=O) groups excluding carboxylic acids is 1. The molecule has 0 unspecified atom stereocenters. The van der Waals surface area contributed by atoms with Gasteiger partial charge in [-0.15, -0.1) is 0 Å². The standard InChI is InChI=1S/C10H13N3O/c1-2-3-4-13-6-9-8(10(13)14)5-11-7-12-9/h5,7H,2-4,6H2,1H3. The second-order valence-corrected chi connectivity index (χ2v) is 3.46. The maximum Gasteiger partial charge on any atom is 0.257 e. The van der Waals surface area contributed by atoms with Crippen LogP contribution in [0.3, 0.4) is 0 Å². The van der Waals surface area contributed by atoms with E-state index in [9.17, 15) is 4.79 Å². The lowest BCUT2D eigenvalue weighted by Crippen LogP contribution is -2.24. The first-order chi connectivity index (χ1) is 6.83. The Bertz CT molecular complexity index is 351. The van der Waals surface area contributed by atoms with Crippen LogP contribution in [-0.4, -0.2) is 27.3 Å². The predicted octanol–water partition coefficient (Wildman–Crippen LogP) is 1.23. The molecule has 2 rings (SSSR count). The molecule has 1 aromatic heterocycles. The number of nitrogens with zero attached hydrogens (tertiary/aromatic N) is 3. The van der Waals surface area contributed by atoms with Gasteiger partial charge in [-0.25, -0.2) is 9.97 Å². The number of fused-ring (bicyclic) bond motifs is 1. The molecule has 4 heteroatoms. The average molecular weight is 191 g/mol. The van der Waals surface area contributed by atoms with E-state index in [1.54, 1.807) is 6.20 Å². The third kappa shape index (κ3) is 1.47. The van der Waals surface area contributed by atoms with Crippen LogP contribution in [0.5, 0.6) is 0 Å². The van der Waals surface area contributed by atoms with Gasteiger partial charge in [-0.1, -0.05) is 13.3 Å². The summed E-state index contributed by atoms with van der Waals surface area (Å²) in [6, 6.07) is 0. The third-order valence-electron chi connectivity index (χ3n) is 2.43. The SMILES string of the molecule is CCCCN1Cc2ncncc2C1=O. The zero-order chi connectivity index (χ0) is 9.97. The molecule has 1 aliphatic rings. The summed E-state index contributed by atoms with van der Waals surface area (Å²) in [5, 5.41) is 0. The Hall–Kier alpha value is -1.45. The van der Waals surface area contributed by atoms with Gasteiger partial charge in [-0.3, -0.25) is 4.79 Å². The van der Waals surface area contributed by atoms with Gasteiger partial charge in [-0.05, 0) is 6.42 Å². The lowest BCUT2D eigenvalue weighted by Gasteiger charge is -2.13. The van der Waals surface area contributed by atoms with Crippen molar-refractivity contribution >= 4 is 5.91 Å². The topological polar surface area (TPSA) is 46.1 Å². The van der Waals surface area contributed by atoms with Gasteiger partial charge in [0.1, 0.15) is 6.33 Å². The smallest absolute Gasteiger partial charge is 0.257 e. The van der Waals surface area contributed by atoms with Crippen LogP contribution in [0.4, 0.5) is 0 Å². The van der Waals surface area contributed by atoms with E-state index in [0.29, 0.717) is 12.1 Å². The Morgan fingerprint density at radius 3 is 3.14 bits per heavy atom. The van der Waals surface area contributed by atoms with E-state index in [1.807, 2.05) is 4.90 Å². The molecule has 0 radical (unpaired) electrons. The van der Waals surface area contributed by atoms with Crippen molar-refractivity contribution in [3.8, 4) is 0 Å². The number of hydrogen-bond acceptors (Lipinski definition) is 3. The fourth-order valence-electron chi connectivity index (χ4n) is 1.61. The lowest BCUT2D eigenvalue weighted by atomic mass is 10.3. The molecular weight excluding hydrogens is 178 g/mol. The van der Waals surface area contributed by atoms with Crippen molar-refractivity contribution < 1.29 is 4.79 Å². The van der Waals surface area contributed by atoms with Crippen LogP contribution in [0.15, 0.2) is 12.5 Å². The molecule has 1 aliphatic heterocycles. The number of amides is 1. The summed E-state index contributed by atoms with van der Waals surface area (Å²) in [6.07, 6.45) is 5.25. The zero-order valence-corrected chi connectivity index (χ0v) is 8.23. The zero-order valence-electron chi connectivity index (χ0n) is 8.23. The highest BCUT2D eigenvalue weighted by atomic mass is 16.2. The molecule has 0 N–H and O–H groups in total. The quantitative estimate of drug-likeness (QED) is 0.722. The number of hydrogen-bond donors (Lipinski definition) is 0. The van der Waals surface area contributed by atoms with Gasteiger partial charge in [0.05, 0.1) is 17.8 Å². The summed E-state index contributed by atoms with van der Waals surface area (Å²) < 4.78 is 0. The van der Waals surface area contributed by atoms with Crippen molar-refractivity contribution in [2.45, 2.75) is 26.3 Å². The van der Waals surface area contributed by atoms with Crippen LogP contribution >= 0.6 is 0 Å². The summed E-state index contributed by atoms with van der Waals surface area (Å²) in [4.78, 5) is 21.5. The minimum atomic E-state index is 0.0778. The highest BCUT2D eigenvalue weighted by Gasteiger charge is 2.27. The number of unbranched alkanes of at least 4 members (excludes halogenated alkanes) is 1. The Morgan fingerprint density at radius 2 is 2.43 bits per heavy atom. The molecule has 1 aromatic rings. The van der Waals surface area contributed by atoms with Crippen LogP contribution < -0.4 is 0 Å². The predicted molar refractivity (Wildman–Crippen MR) is 51.7 cm³/mol. The third-order valence-corrected chi connectivity index (χ3v) is 2.43. The Morgan fingerprint density at radius 1 is 1.57 bits per heavy atom.